The Hall–Kier alpha value is -2.74. The highest BCUT2D eigenvalue weighted by atomic mass is 35.5. The number of halogens is 1. The lowest BCUT2D eigenvalue weighted by atomic mass is 9.66. The van der Waals surface area contributed by atoms with E-state index in [-0.39, 0.29) is 12.3 Å². The van der Waals surface area contributed by atoms with Gasteiger partial charge in [0.05, 0.1) is 20.3 Å². The van der Waals surface area contributed by atoms with E-state index in [2.05, 4.69) is 10.1 Å². The Morgan fingerprint density at radius 2 is 1.62 bits per heavy atom. The molecule has 0 aromatic heterocycles. The summed E-state index contributed by atoms with van der Waals surface area (Å²) in [5.41, 5.74) is 0.482. The number of rotatable bonds is 7. The normalized spacial score (nSPS) is 24.0. The van der Waals surface area contributed by atoms with E-state index in [0.29, 0.717) is 12.0 Å². The summed E-state index contributed by atoms with van der Waals surface area (Å²) in [7, 11) is 2.14. The highest BCUT2D eigenvalue weighted by molar-refractivity contribution is 6.25. The van der Waals surface area contributed by atoms with Gasteiger partial charge in [0, 0.05) is 18.2 Å². The first-order valence-electron chi connectivity index (χ1n) is 9.00. The smallest absolute Gasteiger partial charge is 0.323 e. The van der Waals surface area contributed by atoms with Gasteiger partial charge in [-0.1, -0.05) is 30.3 Å². The van der Waals surface area contributed by atoms with E-state index in [1.165, 1.54) is 0 Å². The molecule has 1 aliphatic rings. The number of nitrogens with one attached hydrogen (secondary N) is 1. The predicted octanol–water partition coefficient (Wildman–Crippen LogP) is 1.00. The number of amides is 1. The second-order valence-electron chi connectivity index (χ2n) is 6.54. The number of carbonyl (C=O) groups excluding carboxylic acids is 5. The lowest BCUT2D eigenvalue weighted by Gasteiger charge is -2.38. The van der Waals surface area contributed by atoms with Crippen LogP contribution in [0.3, 0.4) is 0 Å². The lowest BCUT2D eigenvalue weighted by molar-refractivity contribution is -0.163. The van der Waals surface area contributed by atoms with Gasteiger partial charge in [0.25, 0.3) is 0 Å². The first-order valence-corrected chi connectivity index (χ1v) is 9.54. The number of ether oxygens (including phenoxy) is 2. The van der Waals surface area contributed by atoms with Crippen molar-refractivity contribution in [3.63, 3.8) is 0 Å². The summed E-state index contributed by atoms with van der Waals surface area (Å²) in [6, 6.07) is 7.07. The fourth-order valence-electron chi connectivity index (χ4n) is 3.48. The molecule has 1 aliphatic carbocycles. The van der Waals surface area contributed by atoms with E-state index in [1.54, 1.807) is 30.3 Å². The third-order valence-corrected chi connectivity index (χ3v) is 5.10. The predicted molar refractivity (Wildman–Crippen MR) is 102 cm³/mol. The SMILES string of the molecule is COC(=O)[C@@H]1C(=O)[C@H](C(=O)OC)[C@H](c2ccccc2)[C@H](NC(=O)CCCCl)C1=O. The topological polar surface area (TPSA) is 116 Å². The van der Waals surface area contributed by atoms with E-state index in [9.17, 15) is 24.0 Å². The molecule has 156 valence electrons. The standard InChI is InChI=1S/C20H22ClNO7/c1-28-19(26)14-13(11-7-4-3-5-8-11)16(22-12(23)9-6-10-21)18(25)15(17(14)24)20(27)29-2/h3-5,7-8,13-16H,6,9-10H2,1-2H3,(H,22,23)/t13-,14+,15+,16-/m0/s1. The lowest BCUT2D eigenvalue weighted by Crippen LogP contribution is -2.60. The molecule has 2 rings (SSSR count). The number of carbonyl (C=O) groups is 5. The molecule has 4 atom stereocenters. The van der Waals surface area contributed by atoms with Crippen molar-refractivity contribution in [2.45, 2.75) is 24.8 Å². The summed E-state index contributed by atoms with van der Waals surface area (Å²) in [6.07, 6.45) is 0.429. The largest absolute Gasteiger partial charge is 0.468 e. The zero-order valence-corrected chi connectivity index (χ0v) is 16.8. The van der Waals surface area contributed by atoms with Gasteiger partial charge >= 0.3 is 11.9 Å². The van der Waals surface area contributed by atoms with Crippen molar-refractivity contribution in [3.05, 3.63) is 35.9 Å². The molecule has 1 aromatic rings. The summed E-state index contributed by atoms with van der Waals surface area (Å²) < 4.78 is 9.36. The summed E-state index contributed by atoms with van der Waals surface area (Å²) in [5.74, 6) is -8.24. The number of alkyl halides is 1. The molecule has 0 radical (unpaired) electrons. The fourth-order valence-corrected chi connectivity index (χ4v) is 3.61. The molecule has 9 heteroatoms. The molecule has 1 N–H and O–H groups in total. The van der Waals surface area contributed by atoms with Gasteiger partial charge in [0.15, 0.2) is 17.5 Å². The third kappa shape index (κ3) is 4.82. The van der Waals surface area contributed by atoms with Crippen LogP contribution in [0.25, 0.3) is 0 Å². The molecule has 0 unspecified atom stereocenters. The fraction of sp³-hybridized carbons (Fsp3) is 0.450. The van der Waals surface area contributed by atoms with Crippen molar-refractivity contribution in [2.24, 2.45) is 11.8 Å². The van der Waals surface area contributed by atoms with Crippen molar-refractivity contribution in [2.75, 3.05) is 20.1 Å². The Labute approximate surface area is 172 Å². The minimum atomic E-state index is -1.82. The second kappa shape index (κ2) is 10.2. The van der Waals surface area contributed by atoms with Crippen LogP contribution in [0.1, 0.15) is 24.3 Å². The number of Topliss-reactive ketones (excluding diaryl/α,β-unsaturated/α-hetero) is 2. The molecule has 1 fully saturated rings. The van der Waals surface area contributed by atoms with Gasteiger partial charge in [-0.2, -0.15) is 0 Å². The molecule has 1 saturated carbocycles. The number of ketones is 2. The van der Waals surface area contributed by atoms with Crippen molar-refractivity contribution in [3.8, 4) is 0 Å². The Balaban J connectivity index is 2.56. The van der Waals surface area contributed by atoms with Crippen LogP contribution in [0.4, 0.5) is 0 Å². The Morgan fingerprint density at radius 3 is 2.17 bits per heavy atom. The Bertz CT molecular complexity index is 795. The van der Waals surface area contributed by atoms with Gasteiger partial charge in [-0.3, -0.25) is 24.0 Å². The van der Waals surface area contributed by atoms with E-state index in [4.69, 9.17) is 16.3 Å². The van der Waals surface area contributed by atoms with Crippen molar-refractivity contribution in [1.82, 2.24) is 5.32 Å². The summed E-state index contributed by atoms with van der Waals surface area (Å²) in [6.45, 7) is 0. The van der Waals surface area contributed by atoms with Gasteiger partial charge in [-0.25, -0.2) is 0 Å². The van der Waals surface area contributed by atoms with Crippen LogP contribution in [0, 0.1) is 11.8 Å². The number of hydrogen-bond donors (Lipinski definition) is 1. The zero-order chi connectivity index (χ0) is 21.6. The molecule has 0 spiro atoms. The summed E-state index contributed by atoms with van der Waals surface area (Å²) in [4.78, 5) is 63.0. The molecule has 29 heavy (non-hydrogen) atoms. The molecule has 8 nitrogen and oxygen atoms in total. The van der Waals surface area contributed by atoms with Crippen LogP contribution in [0.15, 0.2) is 30.3 Å². The van der Waals surface area contributed by atoms with Gasteiger partial charge < -0.3 is 14.8 Å². The van der Waals surface area contributed by atoms with E-state index in [1.807, 2.05) is 0 Å². The highest BCUT2D eigenvalue weighted by Gasteiger charge is 2.56. The molecule has 0 heterocycles. The van der Waals surface area contributed by atoms with Crippen molar-refractivity contribution in [1.29, 1.82) is 0 Å². The maximum Gasteiger partial charge on any atom is 0.323 e. The second-order valence-corrected chi connectivity index (χ2v) is 6.91. The number of methoxy groups -OCH3 is 2. The van der Waals surface area contributed by atoms with E-state index < -0.39 is 53.2 Å². The average Bonchev–Trinajstić information content (AvgIpc) is 2.73. The van der Waals surface area contributed by atoms with Crippen molar-refractivity contribution >= 4 is 41.0 Å². The zero-order valence-electron chi connectivity index (χ0n) is 16.1. The first kappa shape index (κ1) is 22.5. The number of esters is 2. The molecule has 1 aromatic carbocycles. The maximum atomic E-state index is 13.1. The van der Waals surface area contributed by atoms with Crippen LogP contribution < -0.4 is 5.32 Å². The molecular weight excluding hydrogens is 402 g/mol. The van der Waals surface area contributed by atoms with Crippen molar-refractivity contribution < 1.29 is 33.4 Å². The van der Waals surface area contributed by atoms with Crippen LogP contribution in [-0.2, 0) is 33.4 Å². The third-order valence-electron chi connectivity index (χ3n) is 4.83. The van der Waals surface area contributed by atoms with Gasteiger partial charge in [-0.05, 0) is 12.0 Å². The first-order chi connectivity index (χ1) is 13.9. The van der Waals surface area contributed by atoms with Gasteiger partial charge in [-0.15, -0.1) is 11.6 Å². The Kier molecular flexibility index (Phi) is 7.90. The van der Waals surface area contributed by atoms with Gasteiger partial charge in [0.2, 0.25) is 5.91 Å². The summed E-state index contributed by atoms with van der Waals surface area (Å²) in [5, 5.41) is 2.58. The minimum Gasteiger partial charge on any atom is -0.468 e. The molecule has 0 bridgehead atoms. The molecule has 0 saturated heterocycles. The van der Waals surface area contributed by atoms with Crippen LogP contribution in [-0.4, -0.2) is 55.6 Å². The number of hydrogen-bond acceptors (Lipinski definition) is 7. The molecule has 0 aliphatic heterocycles. The van der Waals surface area contributed by atoms with E-state index >= 15 is 0 Å². The minimum absolute atomic E-state index is 0.0501. The van der Waals surface area contributed by atoms with Crippen LogP contribution in [0.5, 0.6) is 0 Å². The van der Waals surface area contributed by atoms with E-state index in [0.717, 1.165) is 14.2 Å². The molecular formula is C20H22ClNO7. The monoisotopic (exact) mass is 423 g/mol. The van der Waals surface area contributed by atoms with Crippen LogP contribution >= 0.6 is 11.6 Å². The average molecular weight is 424 g/mol. The highest BCUT2D eigenvalue weighted by Crippen LogP contribution is 2.38. The van der Waals surface area contributed by atoms with Crippen LogP contribution in [0.2, 0.25) is 0 Å². The maximum absolute atomic E-state index is 13.1. The summed E-state index contributed by atoms with van der Waals surface area (Å²) >= 11 is 5.61. The van der Waals surface area contributed by atoms with Gasteiger partial charge in [0.1, 0.15) is 5.92 Å². The quantitative estimate of drug-likeness (QED) is 0.395. The number of benzene rings is 1. The molecule has 1 amide bonds. The Morgan fingerprint density at radius 1 is 1.00 bits per heavy atom.